The minimum Gasteiger partial charge on any atom is -0.268 e. The Balaban J connectivity index is 2.24. The fourth-order valence-electron chi connectivity index (χ4n) is 1.44. The summed E-state index contributed by atoms with van der Waals surface area (Å²) in [6.45, 7) is -0.0542. The van der Waals surface area contributed by atoms with E-state index in [0.717, 1.165) is 10.7 Å². The van der Waals surface area contributed by atoms with Gasteiger partial charge in [-0.2, -0.15) is 18.3 Å². The first-order chi connectivity index (χ1) is 8.36. The van der Waals surface area contributed by atoms with E-state index < -0.39 is 17.7 Å². The lowest BCUT2D eigenvalue weighted by Gasteiger charge is -2.05. The highest BCUT2D eigenvalue weighted by molar-refractivity contribution is 9.10. The van der Waals surface area contributed by atoms with Crippen molar-refractivity contribution in [2.24, 2.45) is 0 Å². The largest absolute Gasteiger partial charge is 0.435 e. The van der Waals surface area contributed by atoms with Crippen molar-refractivity contribution in [3.8, 4) is 0 Å². The maximum atomic E-state index is 13.4. The van der Waals surface area contributed by atoms with Gasteiger partial charge >= 0.3 is 6.18 Å². The molecule has 0 saturated carbocycles. The Morgan fingerprint density at radius 1 is 1.22 bits per heavy atom. The molecule has 0 N–H and O–H groups in total. The molecule has 0 fully saturated rings. The van der Waals surface area contributed by atoms with E-state index in [-0.39, 0.29) is 12.1 Å². The molecule has 0 atom stereocenters. The molecule has 0 spiro atoms. The van der Waals surface area contributed by atoms with Gasteiger partial charge in [0.25, 0.3) is 0 Å². The second-order valence-electron chi connectivity index (χ2n) is 3.63. The Kier molecular flexibility index (Phi) is 3.43. The van der Waals surface area contributed by atoms with Crippen LogP contribution in [0.3, 0.4) is 0 Å². The van der Waals surface area contributed by atoms with Gasteiger partial charge in [0, 0.05) is 16.2 Å². The summed E-state index contributed by atoms with van der Waals surface area (Å²) < 4.78 is 52.1. The molecule has 1 aromatic heterocycles. The number of rotatable bonds is 2. The summed E-state index contributed by atoms with van der Waals surface area (Å²) in [7, 11) is 0. The molecule has 1 aromatic carbocycles. The molecule has 0 radical (unpaired) electrons. The first-order valence-corrected chi connectivity index (χ1v) is 5.70. The van der Waals surface area contributed by atoms with Crippen molar-refractivity contribution in [1.82, 2.24) is 9.78 Å². The Morgan fingerprint density at radius 3 is 2.56 bits per heavy atom. The lowest BCUT2D eigenvalue weighted by molar-refractivity contribution is -0.141. The minimum absolute atomic E-state index is 0.0542. The topological polar surface area (TPSA) is 17.8 Å². The number of alkyl halides is 3. The van der Waals surface area contributed by atoms with Crippen molar-refractivity contribution < 1.29 is 17.6 Å². The fourth-order valence-corrected chi connectivity index (χ4v) is 1.85. The number of hydrogen-bond donors (Lipinski definition) is 0. The predicted molar refractivity (Wildman–Crippen MR) is 60.4 cm³/mol. The zero-order valence-electron chi connectivity index (χ0n) is 8.88. The van der Waals surface area contributed by atoms with Crippen molar-refractivity contribution in [3.63, 3.8) is 0 Å². The molecule has 1 heterocycles. The van der Waals surface area contributed by atoms with E-state index in [1.165, 1.54) is 24.4 Å². The molecule has 2 rings (SSSR count). The van der Waals surface area contributed by atoms with E-state index in [1.54, 1.807) is 0 Å². The van der Waals surface area contributed by atoms with Crippen LogP contribution in [0.4, 0.5) is 17.6 Å². The van der Waals surface area contributed by atoms with E-state index in [4.69, 9.17) is 0 Å². The highest BCUT2D eigenvalue weighted by atomic mass is 79.9. The van der Waals surface area contributed by atoms with Crippen molar-refractivity contribution in [2.45, 2.75) is 12.7 Å². The van der Waals surface area contributed by atoms with E-state index in [0.29, 0.717) is 4.47 Å². The first kappa shape index (κ1) is 13.1. The molecule has 0 unspecified atom stereocenters. The smallest absolute Gasteiger partial charge is 0.268 e. The van der Waals surface area contributed by atoms with E-state index in [9.17, 15) is 17.6 Å². The second kappa shape index (κ2) is 4.72. The normalized spacial score (nSPS) is 11.8. The summed E-state index contributed by atoms with van der Waals surface area (Å²) >= 11 is 3.17. The summed E-state index contributed by atoms with van der Waals surface area (Å²) in [5.74, 6) is -0.484. The number of aromatic nitrogens is 2. The standard InChI is InChI=1S/C11H7BrF4N2/c12-8-1-2-9(13)7(5-8)6-18-4-3-10(17-18)11(14,15)16/h1-5H,6H2. The van der Waals surface area contributed by atoms with Crippen LogP contribution in [0.15, 0.2) is 34.9 Å². The number of benzene rings is 1. The molecule has 96 valence electrons. The zero-order valence-corrected chi connectivity index (χ0v) is 10.5. The fraction of sp³-hybridized carbons (Fsp3) is 0.182. The number of hydrogen-bond acceptors (Lipinski definition) is 1. The predicted octanol–water partition coefficient (Wildman–Crippen LogP) is 3.85. The Hall–Kier alpha value is -1.37. The maximum absolute atomic E-state index is 13.4. The molecule has 2 aromatic rings. The maximum Gasteiger partial charge on any atom is 0.435 e. The van der Waals surface area contributed by atoms with Gasteiger partial charge in [0.1, 0.15) is 5.82 Å². The third-order valence-corrected chi connectivity index (χ3v) is 2.76. The average Bonchev–Trinajstić information content (AvgIpc) is 2.71. The number of nitrogens with zero attached hydrogens (tertiary/aromatic N) is 2. The molecule has 2 nitrogen and oxygen atoms in total. The van der Waals surface area contributed by atoms with Crippen molar-refractivity contribution in [1.29, 1.82) is 0 Å². The van der Waals surface area contributed by atoms with Crippen LogP contribution in [0.1, 0.15) is 11.3 Å². The summed E-state index contributed by atoms with van der Waals surface area (Å²) in [5.41, 5.74) is -0.723. The van der Waals surface area contributed by atoms with E-state index in [2.05, 4.69) is 21.0 Å². The summed E-state index contributed by atoms with van der Waals surface area (Å²) in [6, 6.07) is 5.12. The van der Waals surface area contributed by atoms with Crippen LogP contribution in [0.5, 0.6) is 0 Å². The zero-order chi connectivity index (χ0) is 13.3. The summed E-state index contributed by atoms with van der Waals surface area (Å²) in [4.78, 5) is 0. The minimum atomic E-state index is -4.49. The molecular formula is C11H7BrF4N2. The van der Waals surface area contributed by atoms with Gasteiger partial charge in [0.05, 0.1) is 6.54 Å². The van der Waals surface area contributed by atoms with Crippen LogP contribution in [0.2, 0.25) is 0 Å². The first-order valence-electron chi connectivity index (χ1n) is 4.91. The van der Waals surface area contributed by atoms with Crippen LogP contribution >= 0.6 is 15.9 Å². The van der Waals surface area contributed by atoms with Crippen LogP contribution in [-0.4, -0.2) is 9.78 Å². The summed E-state index contributed by atoms with van der Waals surface area (Å²) in [5, 5.41) is 3.36. The van der Waals surface area contributed by atoms with E-state index in [1.807, 2.05) is 0 Å². The van der Waals surface area contributed by atoms with E-state index >= 15 is 0 Å². The molecule has 0 aliphatic rings. The molecule has 0 saturated heterocycles. The third kappa shape index (κ3) is 2.90. The molecule has 0 bridgehead atoms. The van der Waals surface area contributed by atoms with Gasteiger partial charge in [0.2, 0.25) is 0 Å². The highest BCUT2D eigenvalue weighted by Gasteiger charge is 2.33. The van der Waals surface area contributed by atoms with Gasteiger partial charge in [-0.15, -0.1) is 0 Å². The van der Waals surface area contributed by atoms with Gasteiger partial charge in [0.15, 0.2) is 5.69 Å². The van der Waals surface area contributed by atoms with Crippen molar-refractivity contribution in [2.75, 3.05) is 0 Å². The second-order valence-corrected chi connectivity index (χ2v) is 4.55. The third-order valence-electron chi connectivity index (χ3n) is 2.27. The lowest BCUT2D eigenvalue weighted by Crippen LogP contribution is -2.09. The molecular weight excluding hydrogens is 316 g/mol. The highest BCUT2D eigenvalue weighted by Crippen LogP contribution is 2.27. The quantitative estimate of drug-likeness (QED) is 0.768. The van der Waals surface area contributed by atoms with Crippen LogP contribution in [-0.2, 0) is 12.7 Å². The molecule has 0 aliphatic heterocycles. The van der Waals surface area contributed by atoms with Crippen LogP contribution < -0.4 is 0 Å². The lowest BCUT2D eigenvalue weighted by atomic mass is 10.2. The van der Waals surface area contributed by atoms with Gasteiger partial charge < -0.3 is 0 Å². The summed E-state index contributed by atoms with van der Waals surface area (Å²) in [6.07, 6.45) is -3.32. The van der Waals surface area contributed by atoms with Gasteiger partial charge in [-0.3, -0.25) is 4.68 Å². The van der Waals surface area contributed by atoms with Crippen LogP contribution in [0.25, 0.3) is 0 Å². The molecule has 18 heavy (non-hydrogen) atoms. The van der Waals surface area contributed by atoms with Gasteiger partial charge in [-0.25, -0.2) is 4.39 Å². The molecule has 0 amide bonds. The van der Waals surface area contributed by atoms with Gasteiger partial charge in [-0.1, -0.05) is 15.9 Å². The monoisotopic (exact) mass is 322 g/mol. The molecule has 7 heteroatoms. The Morgan fingerprint density at radius 2 is 1.94 bits per heavy atom. The SMILES string of the molecule is Fc1ccc(Br)cc1Cn1ccc(C(F)(F)F)n1. The Labute approximate surface area is 108 Å². The van der Waals surface area contributed by atoms with Gasteiger partial charge in [-0.05, 0) is 24.3 Å². The van der Waals surface area contributed by atoms with Crippen LogP contribution in [0, 0.1) is 5.82 Å². The Bertz CT molecular complexity index is 562. The van der Waals surface area contributed by atoms with Crippen molar-refractivity contribution in [3.05, 3.63) is 52.0 Å². The average molecular weight is 323 g/mol. The van der Waals surface area contributed by atoms with Crippen molar-refractivity contribution >= 4 is 15.9 Å². The number of halogens is 5. The molecule has 0 aliphatic carbocycles.